The van der Waals surface area contributed by atoms with Crippen LogP contribution in [0.2, 0.25) is 0 Å². The van der Waals surface area contributed by atoms with Crippen molar-refractivity contribution in [2.75, 3.05) is 0 Å². The number of carbonyl (C=O) groups is 1. The molecule has 84 valence electrons. The number of hydrogen-bond donors (Lipinski definition) is 0. The molecule has 1 aliphatic rings. The Labute approximate surface area is 109 Å². The number of rotatable bonds is 1. The van der Waals surface area contributed by atoms with Gasteiger partial charge in [-0.15, -0.1) is 23.2 Å². The van der Waals surface area contributed by atoms with Gasteiger partial charge in [0.05, 0.1) is 0 Å². The molecule has 0 N–H and O–H groups in total. The van der Waals surface area contributed by atoms with Crippen molar-refractivity contribution >= 4 is 45.3 Å². The maximum Gasteiger partial charge on any atom is 0.186 e. The highest BCUT2D eigenvalue weighted by molar-refractivity contribution is 6.51. The zero-order chi connectivity index (χ0) is 12.0. The van der Waals surface area contributed by atoms with Crippen LogP contribution in [0.4, 0.5) is 0 Å². The Morgan fingerprint density at radius 3 is 2.24 bits per heavy atom. The predicted molar refractivity (Wildman–Crippen MR) is 71.7 cm³/mol. The Kier molecular flexibility index (Phi) is 2.46. The molecule has 0 bridgehead atoms. The third-order valence-corrected chi connectivity index (χ3v) is 3.47. The molecule has 0 saturated heterocycles. The van der Waals surface area contributed by atoms with Crippen LogP contribution in [0.25, 0.3) is 16.3 Å². The van der Waals surface area contributed by atoms with Crippen molar-refractivity contribution in [1.29, 1.82) is 0 Å². The predicted octanol–water partition coefficient (Wildman–Crippen LogP) is 4.22. The summed E-state index contributed by atoms with van der Waals surface area (Å²) < 4.78 is 0. The van der Waals surface area contributed by atoms with Gasteiger partial charge < -0.3 is 0 Å². The van der Waals surface area contributed by atoms with E-state index in [1.165, 1.54) is 6.08 Å². The van der Waals surface area contributed by atoms with Crippen LogP contribution >= 0.6 is 23.2 Å². The molecule has 0 unspecified atom stereocenters. The molecule has 1 nitrogen and oxygen atoms in total. The van der Waals surface area contributed by atoms with Gasteiger partial charge in [0.2, 0.25) is 0 Å². The molecule has 2 aromatic rings. The number of alkyl halides is 2. The second-order valence-corrected chi connectivity index (χ2v) is 5.07. The molecule has 0 atom stereocenters. The zero-order valence-corrected chi connectivity index (χ0v) is 10.3. The molecule has 0 aromatic heterocycles. The van der Waals surface area contributed by atoms with E-state index in [-0.39, 0.29) is 5.78 Å². The van der Waals surface area contributed by atoms with E-state index in [1.807, 2.05) is 36.4 Å². The molecule has 17 heavy (non-hydrogen) atoms. The highest BCUT2D eigenvalue weighted by Gasteiger charge is 2.22. The van der Waals surface area contributed by atoms with Gasteiger partial charge in [-0.05, 0) is 22.6 Å². The van der Waals surface area contributed by atoms with Crippen molar-refractivity contribution in [3.8, 4) is 0 Å². The van der Waals surface area contributed by atoms with E-state index in [4.69, 9.17) is 23.2 Å². The Morgan fingerprint density at radius 1 is 0.941 bits per heavy atom. The molecule has 3 rings (SSSR count). The maximum atomic E-state index is 12.0. The molecule has 0 aliphatic heterocycles. The van der Waals surface area contributed by atoms with Crippen molar-refractivity contribution < 1.29 is 4.79 Å². The lowest BCUT2D eigenvalue weighted by Crippen LogP contribution is -2.08. The fourth-order valence-corrected chi connectivity index (χ4v) is 2.63. The minimum Gasteiger partial charge on any atom is -0.289 e. The van der Waals surface area contributed by atoms with Crippen LogP contribution in [0.5, 0.6) is 0 Å². The van der Waals surface area contributed by atoms with Gasteiger partial charge in [0.1, 0.15) is 4.84 Å². The van der Waals surface area contributed by atoms with Crippen LogP contribution in [0, 0.1) is 0 Å². The standard InChI is InChI=1S/C14H8Cl2O/c15-14(16)11-7-12(17)10-6-2-4-8-3-1-5-9(11)13(8)10/h1-7,14H. The molecular formula is C14H8Cl2O. The molecule has 0 fully saturated rings. The van der Waals surface area contributed by atoms with Crippen LogP contribution in [-0.2, 0) is 0 Å². The molecule has 0 saturated carbocycles. The zero-order valence-electron chi connectivity index (χ0n) is 8.78. The highest BCUT2D eigenvalue weighted by Crippen LogP contribution is 2.36. The van der Waals surface area contributed by atoms with E-state index in [0.717, 1.165) is 21.9 Å². The van der Waals surface area contributed by atoms with E-state index < -0.39 is 4.84 Å². The topological polar surface area (TPSA) is 17.1 Å². The number of ketones is 1. The van der Waals surface area contributed by atoms with Crippen LogP contribution in [0.15, 0.2) is 42.5 Å². The Hall–Kier alpha value is -1.31. The smallest absolute Gasteiger partial charge is 0.186 e. The van der Waals surface area contributed by atoms with Gasteiger partial charge in [-0.2, -0.15) is 0 Å². The number of allylic oxidation sites excluding steroid dienone is 2. The SMILES string of the molecule is O=C1C=C(C(Cl)Cl)c2cccc3cccc1c23. The van der Waals surface area contributed by atoms with Crippen molar-refractivity contribution in [1.82, 2.24) is 0 Å². The second kappa shape index (κ2) is 3.86. The number of hydrogen-bond acceptors (Lipinski definition) is 1. The molecule has 3 heteroatoms. The largest absolute Gasteiger partial charge is 0.289 e. The molecule has 0 spiro atoms. The van der Waals surface area contributed by atoms with E-state index in [0.29, 0.717) is 5.57 Å². The summed E-state index contributed by atoms with van der Waals surface area (Å²) in [5, 5.41) is 1.98. The summed E-state index contributed by atoms with van der Waals surface area (Å²) in [6.45, 7) is 0. The minimum atomic E-state index is -0.682. The number of benzene rings is 2. The third-order valence-electron chi connectivity index (χ3n) is 3.00. The summed E-state index contributed by atoms with van der Waals surface area (Å²) in [7, 11) is 0. The third kappa shape index (κ3) is 1.58. The fraction of sp³-hybridized carbons (Fsp3) is 0.0714. The monoisotopic (exact) mass is 262 g/mol. The quantitative estimate of drug-likeness (QED) is 0.704. The van der Waals surface area contributed by atoms with Crippen molar-refractivity contribution in [2.45, 2.75) is 4.84 Å². The lowest BCUT2D eigenvalue weighted by Gasteiger charge is -2.18. The first-order valence-corrected chi connectivity index (χ1v) is 6.12. The van der Waals surface area contributed by atoms with Crippen LogP contribution < -0.4 is 0 Å². The van der Waals surface area contributed by atoms with Crippen LogP contribution in [0.3, 0.4) is 0 Å². The summed E-state index contributed by atoms with van der Waals surface area (Å²) in [5.74, 6) is -0.0319. The van der Waals surface area contributed by atoms with Gasteiger partial charge in [0.15, 0.2) is 5.78 Å². The molecular weight excluding hydrogens is 255 g/mol. The van der Waals surface area contributed by atoms with E-state index in [2.05, 4.69) is 0 Å². The molecule has 0 heterocycles. The second-order valence-electron chi connectivity index (χ2n) is 3.97. The molecule has 0 radical (unpaired) electrons. The van der Waals surface area contributed by atoms with Crippen molar-refractivity contribution in [3.63, 3.8) is 0 Å². The first-order valence-electron chi connectivity index (χ1n) is 5.24. The van der Waals surface area contributed by atoms with Crippen LogP contribution in [0.1, 0.15) is 15.9 Å². The summed E-state index contributed by atoms with van der Waals surface area (Å²) in [6, 6.07) is 11.6. The average Bonchev–Trinajstić information content (AvgIpc) is 2.33. The number of halogens is 2. The van der Waals surface area contributed by atoms with E-state index in [1.54, 1.807) is 0 Å². The Balaban J connectivity index is 2.44. The van der Waals surface area contributed by atoms with E-state index in [9.17, 15) is 4.79 Å². The summed E-state index contributed by atoms with van der Waals surface area (Å²) in [5.41, 5.74) is 2.35. The molecule has 2 aromatic carbocycles. The molecule has 0 amide bonds. The lowest BCUT2D eigenvalue weighted by molar-refractivity contribution is 0.104. The van der Waals surface area contributed by atoms with Crippen LogP contribution in [-0.4, -0.2) is 10.6 Å². The fourth-order valence-electron chi connectivity index (χ4n) is 2.26. The first-order chi connectivity index (χ1) is 8.18. The van der Waals surface area contributed by atoms with Gasteiger partial charge in [0, 0.05) is 10.9 Å². The van der Waals surface area contributed by atoms with Gasteiger partial charge in [-0.3, -0.25) is 4.79 Å². The average molecular weight is 263 g/mol. The van der Waals surface area contributed by atoms with E-state index >= 15 is 0 Å². The first kappa shape index (κ1) is 10.8. The summed E-state index contributed by atoms with van der Waals surface area (Å²) in [4.78, 5) is 11.3. The minimum absolute atomic E-state index is 0.0319. The van der Waals surface area contributed by atoms with Gasteiger partial charge in [0.25, 0.3) is 0 Å². The summed E-state index contributed by atoms with van der Waals surface area (Å²) in [6.07, 6.45) is 1.53. The molecule has 1 aliphatic carbocycles. The number of carbonyl (C=O) groups excluding carboxylic acids is 1. The maximum absolute atomic E-state index is 12.0. The Morgan fingerprint density at radius 2 is 1.59 bits per heavy atom. The normalized spacial score (nSPS) is 14.3. The Bertz CT molecular complexity index is 651. The lowest BCUT2D eigenvalue weighted by atomic mass is 9.88. The van der Waals surface area contributed by atoms with Gasteiger partial charge in [-0.1, -0.05) is 36.4 Å². The van der Waals surface area contributed by atoms with Crippen molar-refractivity contribution in [3.05, 3.63) is 53.6 Å². The summed E-state index contributed by atoms with van der Waals surface area (Å²) >= 11 is 11.8. The van der Waals surface area contributed by atoms with Crippen molar-refractivity contribution in [2.24, 2.45) is 0 Å². The van der Waals surface area contributed by atoms with Gasteiger partial charge >= 0.3 is 0 Å². The van der Waals surface area contributed by atoms with Gasteiger partial charge in [-0.25, -0.2) is 0 Å². The highest BCUT2D eigenvalue weighted by atomic mass is 35.5.